The number of thiazole rings is 1. The van der Waals surface area contributed by atoms with Crippen LogP contribution in [0.3, 0.4) is 0 Å². The minimum Gasteiger partial charge on any atom is -0.486 e. The zero-order valence-electron chi connectivity index (χ0n) is 16.1. The van der Waals surface area contributed by atoms with Crippen molar-refractivity contribution in [2.45, 2.75) is 26.5 Å². The first-order chi connectivity index (χ1) is 13.7. The van der Waals surface area contributed by atoms with Crippen LogP contribution in [-0.4, -0.2) is 36.1 Å². The van der Waals surface area contributed by atoms with Gasteiger partial charge in [0, 0.05) is 25.6 Å². The van der Waals surface area contributed by atoms with Crippen LogP contribution < -0.4 is 4.74 Å². The standard InChI is InChI=1S/C21H24N2O3S2/c1-16-6-8-18(9-7-16)26-14-20-22-17(15-28-20)13-23(10-4-11-25-2)21(24)19-5-3-12-27-19/h3,5-9,12,15H,4,10-11,13-14H2,1-2H3. The van der Waals surface area contributed by atoms with Crippen molar-refractivity contribution >= 4 is 28.6 Å². The van der Waals surface area contributed by atoms with Gasteiger partial charge >= 0.3 is 0 Å². The minimum atomic E-state index is 0.0385. The molecule has 3 aromatic rings. The molecule has 5 nitrogen and oxygen atoms in total. The number of ether oxygens (including phenoxy) is 2. The van der Waals surface area contributed by atoms with Gasteiger partial charge in [-0.25, -0.2) is 4.98 Å². The molecule has 1 aromatic carbocycles. The predicted molar refractivity (Wildman–Crippen MR) is 113 cm³/mol. The predicted octanol–water partition coefficient (Wildman–Crippen LogP) is 4.77. The van der Waals surface area contributed by atoms with E-state index < -0.39 is 0 Å². The molecule has 0 spiro atoms. The lowest BCUT2D eigenvalue weighted by molar-refractivity contribution is 0.0726. The smallest absolute Gasteiger partial charge is 0.264 e. The van der Waals surface area contributed by atoms with Crippen LogP contribution in [0.1, 0.15) is 32.4 Å². The number of thiophene rings is 1. The van der Waals surface area contributed by atoms with Gasteiger partial charge in [0.05, 0.1) is 17.1 Å². The first kappa shape index (κ1) is 20.5. The fraction of sp³-hybridized carbons (Fsp3) is 0.333. The van der Waals surface area contributed by atoms with Crippen molar-refractivity contribution < 1.29 is 14.3 Å². The summed E-state index contributed by atoms with van der Waals surface area (Å²) in [5.41, 5.74) is 2.09. The van der Waals surface area contributed by atoms with Crippen molar-refractivity contribution in [3.63, 3.8) is 0 Å². The SMILES string of the molecule is COCCCN(Cc1csc(COc2ccc(C)cc2)n1)C(=O)c1cccs1. The van der Waals surface area contributed by atoms with Gasteiger partial charge in [-0.05, 0) is 36.9 Å². The molecule has 0 aliphatic heterocycles. The lowest BCUT2D eigenvalue weighted by atomic mass is 10.2. The number of rotatable bonds is 10. The molecule has 0 saturated carbocycles. The van der Waals surface area contributed by atoms with Gasteiger partial charge in [-0.1, -0.05) is 23.8 Å². The fourth-order valence-electron chi connectivity index (χ4n) is 2.67. The van der Waals surface area contributed by atoms with Gasteiger partial charge in [0.2, 0.25) is 0 Å². The largest absolute Gasteiger partial charge is 0.486 e. The molecule has 2 aromatic heterocycles. The topological polar surface area (TPSA) is 51.7 Å². The van der Waals surface area contributed by atoms with Crippen LogP contribution in [0.25, 0.3) is 0 Å². The zero-order valence-corrected chi connectivity index (χ0v) is 17.7. The number of benzene rings is 1. The first-order valence-electron chi connectivity index (χ1n) is 9.10. The van der Waals surface area contributed by atoms with Gasteiger partial charge in [-0.2, -0.15) is 0 Å². The lowest BCUT2D eigenvalue weighted by Gasteiger charge is -2.21. The molecule has 1 amide bonds. The van der Waals surface area contributed by atoms with E-state index >= 15 is 0 Å². The van der Waals surface area contributed by atoms with E-state index in [4.69, 9.17) is 9.47 Å². The molecule has 0 atom stereocenters. The molecule has 7 heteroatoms. The number of amides is 1. The molecular weight excluding hydrogens is 392 g/mol. The summed E-state index contributed by atoms with van der Waals surface area (Å²) in [5.74, 6) is 0.868. The Balaban J connectivity index is 1.60. The van der Waals surface area contributed by atoms with Crippen molar-refractivity contribution in [2.75, 3.05) is 20.3 Å². The molecule has 3 rings (SSSR count). The van der Waals surface area contributed by atoms with Crippen LogP contribution in [0, 0.1) is 6.92 Å². The Hall–Kier alpha value is -2.22. The second-order valence-electron chi connectivity index (χ2n) is 6.38. The molecule has 0 N–H and O–H groups in total. The minimum absolute atomic E-state index is 0.0385. The Morgan fingerprint density at radius 2 is 2.00 bits per heavy atom. The number of aromatic nitrogens is 1. The van der Waals surface area contributed by atoms with Crippen molar-refractivity contribution in [2.24, 2.45) is 0 Å². The van der Waals surface area contributed by atoms with Crippen LogP contribution >= 0.6 is 22.7 Å². The molecule has 0 saturated heterocycles. The van der Waals surface area contributed by atoms with Crippen molar-refractivity contribution in [3.8, 4) is 5.75 Å². The van der Waals surface area contributed by atoms with E-state index in [1.54, 1.807) is 18.4 Å². The normalized spacial score (nSPS) is 10.8. The van der Waals surface area contributed by atoms with E-state index in [2.05, 4.69) is 4.98 Å². The average molecular weight is 417 g/mol. The highest BCUT2D eigenvalue weighted by molar-refractivity contribution is 7.12. The Labute approximate surface area is 173 Å². The van der Waals surface area contributed by atoms with Crippen LogP contribution in [-0.2, 0) is 17.9 Å². The Bertz CT molecular complexity index is 860. The molecule has 0 fully saturated rings. The first-order valence-corrected chi connectivity index (χ1v) is 10.9. The molecule has 0 aliphatic rings. The van der Waals surface area contributed by atoms with Gasteiger partial charge < -0.3 is 14.4 Å². The number of methoxy groups -OCH3 is 1. The van der Waals surface area contributed by atoms with E-state index in [9.17, 15) is 4.79 Å². The molecule has 0 aliphatic carbocycles. The third kappa shape index (κ3) is 5.89. The summed E-state index contributed by atoms with van der Waals surface area (Å²) < 4.78 is 10.9. The summed E-state index contributed by atoms with van der Waals surface area (Å²) in [4.78, 5) is 20.0. The third-order valence-corrected chi connectivity index (χ3v) is 5.86. The Morgan fingerprint density at radius 1 is 1.18 bits per heavy atom. The van der Waals surface area contributed by atoms with E-state index in [0.29, 0.717) is 26.3 Å². The summed E-state index contributed by atoms with van der Waals surface area (Å²) >= 11 is 3.02. The van der Waals surface area contributed by atoms with E-state index in [0.717, 1.165) is 27.7 Å². The number of hydrogen-bond donors (Lipinski definition) is 0. The highest BCUT2D eigenvalue weighted by Crippen LogP contribution is 2.19. The van der Waals surface area contributed by atoms with Crippen LogP contribution in [0.4, 0.5) is 0 Å². The monoisotopic (exact) mass is 416 g/mol. The van der Waals surface area contributed by atoms with Gasteiger partial charge in [0.1, 0.15) is 17.4 Å². The van der Waals surface area contributed by atoms with E-state index in [-0.39, 0.29) is 5.91 Å². The molecule has 0 unspecified atom stereocenters. The Kier molecular flexibility index (Phi) is 7.59. The molecule has 28 heavy (non-hydrogen) atoms. The summed E-state index contributed by atoms with van der Waals surface area (Å²) in [6.07, 6.45) is 0.793. The molecule has 148 valence electrons. The zero-order chi connectivity index (χ0) is 19.8. The molecule has 0 radical (unpaired) electrons. The van der Waals surface area contributed by atoms with Gasteiger partial charge in [-0.3, -0.25) is 4.79 Å². The highest BCUT2D eigenvalue weighted by atomic mass is 32.1. The van der Waals surface area contributed by atoms with Crippen molar-refractivity contribution in [3.05, 3.63) is 68.3 Å². The number of nitrogens with zero attached hydrogens (tertiary/aromatic N) is 2. The van der Waals surface area contributed by atoms with E-state index in [1.807, 2.05) is 59.0 Å². The summed E-state index contributed by atoms with van der Waals surface area (Å²) in [5, 5.41) is 4.82. The summed E-state index contributed by atoms with van der Waals surface area (Å²) in [7, 11) is 1.67. The number of carbonyl (C=O) groups is 1. The Morgan fingerprint density at radius 3 is 2.71 bits per heavy atom. The maximum atomic E-state index is 12.8. The van der Waals surface area contributed by atoms with Crippen molar-refractivity contribution in [1.82, 2.24) is 9.88 Å². The highest BCUT2D eigenvalue weighted by Gasteiger charge is 2.18. The summed E-state index contributed by atoms with van der Waals surface area (Å²) in [6, 6.07) is 11.7. The maximum Gasteiger partial charge on any atom is 0.264 e. The second kappa shape index (κ2) is 10.4. The number of hydrogen-bond acceptors (Lipinski definition) is 6. The van der Waals surface area contributed by atoms with Crippen LogP contribution in [0.5, 0.6) is 5.75 Å². The van der Waals surface area contributed by atoms with Crippen molar-refractivity contribution in [1.29, 1.82) is 0 Å². The lowest BCUT2D eigenvalue weighted by Crippen LogP contribution is -2.31. The van der Waals surface area contributed by atoms with Crippen LogP contribution in [0.15, 0.2) is 47.2 Å². The fourth-order valence-corrected chi connectivity index (χ4v) is 4.06. The van der Waals surface area contributed by atoms with E-state index in [1.165, 1.54) is 16.9 Å². The van der Waals surface area contributed by atoms with Crippen LogP contribution in [0.2, 0.25) is 0 Å². The van der Waals surface area contributed by atoms with Gasteiger partial charge in [0.25, 0.3) is 5.91 Å². The molecule has 2 heterocycles. The maximum absolute atomic E-state index is 12.8. The average Bonchev–Trinajstić information content (AvgIpc) is 3.39. The number of carbonyl (C=O) groups excluding carboxylic acids is 1. The molecule has 0 bridgehead atoms. The quantitative estimate of drug-likeness (QED) is 0.447. The summed E-state index contributed by atoms with van der Waals surface area (Å²) in [6.45, 7) is 4.22. The van der Waals surface area contributed by atoms with Gasteiger partial charge in [0.15, 0.2) is 0 Å². The third-order valence-electron chi connectivity index (χ3n) is 4.13. The second-order valence-corrected chi connectivity index (χ2v) is 8.28. The number of aryl methyl sites for hydroxylation is 1. The molecular formula is C21H24N2O3S2. The van der Waals surface area contributed by atoms with Gasteiger partial charge in [-0.15, -0.1) is 22.7 Å².